The summed E-state index contributed by atoms with van der Waals surface area (Å²) >= 11 is 0. The van der Waals surface area contributed by atoms with Crippen molar-refractivity contribution in [3.63, 3.8) is 0 Å². The Kier molecular flexibility index (Phi) is 7.07. The fourth-order valence-electron chi connectivity index (χ4n) is 1.65. The molecule has 1 fully saturated rings. The van der Waals surface area contributed by atoms with Crippen molar-refractivity contribution in [1.82, 2.24) is 4.90 Å². The number of likely N-dealkylation sites (tertiary alicyclic amines) is 1. The minimum Gasteiger partial charge on any atom is -0.550 e. The van der Waals surface area contributed by atoms with Crippen molar-refractivity contribution >= 4 is 5.97 Å². The maximum atomic E-state index is 10.5. The number of rotatable bonds is 2. The third-order valence-corrected chi connectivity index (χ3v) is 2.59. The van der Waals surface area contributed by atoms with Gasteiger partial charge in [0, 0.05) is 17.9 Å². The number of carbonyl (C=O) groups excluding carboxylic acids is 1. The smallest absolute Gasteiger partial charge is 0.550 e. The summed E-state index contributed by atoms with van der Waals surface area (Å²) in [4.78, 5) is 12.8. The Morgan fingerprint density at radius 3 is 2.15 bits per heavy atom. The summed E-state index contributed by atoms with van der Waals surface area (Å²) in [5.74, 6) is -1.08. The molecule has 70 valence electrons. The van der Waals surface area contributed by atoms with Gasteiger partial charge in [-0.05, 0) is 39.8 Å². The SMILES string of the molecule is CC(C)N1CCC(C(=O)[O-])CC1.[K+]. The number of aliphatic carboxylic acids is 1. The normalized spacial score (nSPS) is 19.9. The molecule has 0 aromatic rings. The van der Waals surface area contributed by atoms with E-state index < -0.39 is 5.97 Å². The summed E-state index contributed by atoms with van der Waals surface area (Å²) in [6, 6.07) is 0.535. The van der Waals surface area contributed by atoms with Crippen LogP contribution in [0.4, 0.5) is 0 Å². The molecule has 0 radical (unpaired) electrons. The van der Waals surface area contributed by atoms with Gasteiger partial charge in [0.15, 0.2) is 0 Å². The summed E-state index contributed by atoms with van der Waals surface area (Å²) in [7, 11) is 0. The van der Waals surface area contributed by atoms with Crippen LogP contribution in [0.1, 0.15) is 26.7 Å². The van der Waals surface area contributed by atoms with Crippen LogP contribution in [0.5, 0.6) is 0 Å². The van der Waals surface area contributed by atoms with Crippen LogP contribution in [0.3, 0.4) is 0 Å². The molecule has 3 nitrogen and oxygen atoms in total. The molecule has 0 spiro atoms. The van der Waals surface area contributed by atoms with E-state index in [4.69, 9.17) is 0 Å². The maximum absolute atomic E-state index is 10.5. The largest absolute Gasteiger partial charge is 1.00 e. The molecule has 0 amide bonds. The van der Waals surface area contributed by atoms with E-state index in [0.29, 0.717) is 6.04 Å². The van der Waals surface area contributed by atoms with Gasteiger partial charge < -0.3 is 14.8 Å². The Balaban J connectivity index is 0.00000144. The van der Waals surface area contributed by atoms with Crippen LogP contribution in [0.2, 0.25) is 0 Å². The molecule has 0 bridgehead atoms. The molecular weight excluding hydrogens is 193 g/mol. The topological polar surface area (TPSA) is 43.4 Å². The van der Waals surface area contributed by atoms with Crippen LogP contribution in [-0.2, 0) is 4.79 Å². The van der Waals surface area contributed by atoms with Gasteiger partial charge >= 0.3 is 51.4 Å². The van der Waals surface area contributed by atoms with Gasteiger partial charge in [-0.25, -0.2) is 0 Å². The molecule has 0 N–H and O–H groups in total. The minimum atomic E-state index is -0.876. The van der Waals surface area contributed by atoms with Gasteiger partial charge in [0.2, 0.25) is 0 Å². The van der Waals surface area contributed by atoms with Crippen LogP contribution in [-0.4, -0.2) is 30.0 Å². The zero-order chi connectivity index (χ0) is 9.14. The first kappa shape index (κ1) is 14.1. The maximum Gasteiger partial charge on any atom is 1.00 e. The van der Waals surface area contributed by atoms with Gasteiger partial charge in [0.05, 0.1) is 0 Å². The van der Waals surface area contributed by atoms with Crippen LogP contribution in [0.15, 0.2) is 0 Å². The number of carboxylic acid groups (broad SMARTS) is 1. The number of piperidine rings is 1. The summed E-state index contributed by atoms with van der Waals surface area (Å²) < 4.78 is 0. The van der Waals surface area contributed by atoms with Gasteiger partial charge in [0.1, 0.15) is 0 Å². The average molecular weight is 209 g/mol. The van der Waals surface area contributed by atoms with Crippen LogP contribution in [0.25, 0.3) is 0 Å². The molecule has 1 heterocycles. The summed E-state index contributed by atoms with van der Waals surface area (Å²) in [5.41, 5.74) is 0. The summed E-state index contributed by atoms with van der Waals surface area (Å²) in [6.45, 7) is 6.07. The molecule has 0 saturated carbocycles. The van der Waals surface area contributed by atoms with Crippen molar-refractivity contribution in [3.8, 4) is 0 Å². The van der Waals surface area contributed by atoms with Gasteiger partial charge in [-0.15, -0.1) is 0 Å². The Hall–Kier alpha value is 1.07. The minimum absolute atomic E-state index is 0. The number of carbonyl (C=O) groups is 1. The van der Waals surface area contributed by atoms with E-state index in [1.165, 1.54) is 0 Å². The van der Waals surface area contributed by atoms with E-state index in [9.17, 15) is 9.90 Å². The molecule has 1 aliphatic rings. The summed E-state index contributed by atoms with van der Waals surface area (Å²) in [5, 5.41) is 10.5. The van der Waals surface area contributed by atoms with Gasteiger partial charge in [-0.1, -0.05) is 0 Å². The van der Waals surface area contributed by atoms with E-state index in [-0.39, 0.29) is 57.3 Å². The van der Waals surface area contributed by atoms with Crippen molar-refractivity contribution in [2.45, 2.75) is 32.7 Å². The quantitative estimate of drug-likeness (QED) is 0.452. The molecule has 1 rings (SSSR count). The first-order valence-corrected chi connectivity index (χ1v) is 4.56. The van der Waals surface area contributed by atoms with Crippen LogP contribution < -0.4 is 56.5 Å². The van der Waals surface area contributed by atoms with E-state index >= 15 is 0 Å². The van der Waals surface area contributed by atoms with Gasteiger partial charge in [-0.2, -0.15) is 0 Å². The first-order chi connectivity index (χ1) is 5.61. The first-order valence-electron chi connectivity index (χ1n) is 4.56. The molecule has 1 aliphatic heterocycles. The molecule has 13 heavy (non-hydrogen) atoms. The van der Waals surface area contributed by atoms with Crippen molar-refractivity contribution < 1.29 is 61.3 Å². The zero-order valence-electron chi connectivity index (χ0n) is 8.75. The Bertz CT molecular complexity index is 165. The molecular formula is C9H16KNO2. The Morgan fingerprint density at radius 1 is 1.38 bits per heavy atom. The number of hydrogen-bond donors (Lipinski definition) is 0. The van der Waals surface area contributed by atoms with Gasteiger partial charge in [0.25, 0.3) is 0 Å². The number of nitrogens with zero attached hydrogens (tertiary/aromatic N) is 1. The third kappa shape index (κ3) is 4.40. The predicted molar refractivity (Wildman–Crippen MR) is 44.4 cm³/mol. The monoisotopic (exact) mass is 209 g/mol. The molecule has 0 aromatic carbocycles. The standard InChI is InChI=1S/C9H17NO2.K/c1-7(2)10-5-3-8(4-6-10)9(11)12;/h7-8H,3-6H2,1-2H3,(H,11,12);/q;+1/p-1. The van der Waals surface area contributed by atoms with Crippen molar-refractivity contribution in [3.05, 3.63) is 0 Å². The van der Waals surface area contributed by atoms with Crippen molar-refractivity contribution in [2.24, 2.45) is 5.92 Å². The van der Waals surface area contributed by atoms with E-state index in [1.807, 2.05) is 0 Å². The number of hydrogen-bond acceptors (Lipinski definition) is 3. The second-order valence-electron chi connectivity index (χ2n) is 3.72. The second-order valence-corrected chi connectivity index (χ2v) is 3.72. The number of carboxylic acids is 1. The van der Waals surface area contributed by atoms with Crippen molar-refractivity contribution in [1.29, 1.82) is 0 Å². The van der Waals surface area contributed by atoms with E-state index in [0.717, 1.165) is 25.9 Å². The molecule has 0 atom stereocenters. The molecule has 1 saturated heterocycles. The Labute approximate surface area is 122 Å². The third-order valence-electron chi connectivity index (χ3n) is 2.59. The average Bonchev–Trinajstić information content (AvgIpc) is 2.04. The molecule has 0 aliphatic carbocycles. The van der Waals surface area contributed by atoms with Gasteiger partial charge in [-0.3, -0.25) is 0 Å². The van der Waals surface area contributed by atoms with E-state index in [2.05, 4.69) is 18.7 Å². The van der Waals surface area contributed by atoms with Crippen LogP contribution >= 0.6 is 0 Å². The fraction of sp³-hybridized carbons (Fsp3) is 0.889. The molecule has 0 aromatic heterocycles. The molecule has 4 heteroatoms. The zero-order valence-corrected chi connectivity index (χ0v) is 11.9. The summed E-state index contributed by atoms with van der Waals surface area (Å²) in [6.07, 6.45) is 1.50. The predicted octanol–water partition coefficient (Wildman–Crippen LogP) is -3.14. The van der Waals surface area contributed by atoms with Crippen LogP contribution in [0, 0.1) is 5.92 Å². The van der Waals surface area contributed by atoms with Crippen molar-refractivity contribution in [2.75, 3.05) is 13.1 Å². The molecule has 0 unspecified atom stereocenters. The van der Waals surface area contributed by atoms with E-state index in [1.54, 1.807) is 0 Å². The fourth-order valence-corrected chi connectivity index (χ4v) is 1.65. The second kappa shape index (κ2) is 6.53. The Morgan fingerprint density at radius 2 is 1.85 bits per heavy atom.